The van der Waals surface area contributed by atoms with E-state index in [4.69, 9.17) is 31.5 Å². The summed E-state index contributed by atoms with van der Waals surface area (Å²) in [6.45, 7) is 0. The average molecular weight is 635 g/mol. The van der Waals surface area contributed by atoms with E-state index in [1.165, 1.54) is 0 Å². The third kappa shape index (κ3) is 4.30. The average Bonchev–Trinajstić information content (AvgIpc) is 3.47. The first-order valence-electron chi connectivity index (χ1n) is 15.9. The first-order chi connectivity index (χ1) is 23.7. The predicted molar refractivity (Wildman–Crippen MR) is 194 cm³/mol. The maximum absolute atomic E-state index is 7.04. The molecule has 1 aliphatic carbocycles. The van der Waals surface area contributed by atoms with Crippen molar-refractivity contribution in [2.45, 2.75) is 5.41 Å². The van der Waals surface area contributed by atoms with E-state index in [1.54, 1.807) is 0 Å². The van der Waals surface area contributed by atoms with Gasteiger partial charge in [-0.15, -0.1) is 0 Å². The van der Waals surface area contributed by atoms with Crippen LogP contribution in [0.2, 0.25) is 5.02 Å². The minimum Gasteiger partial charge on any atom is -0.229 e. The molecular weight excluding hydrogens is 608 g/mol. The lowest BCUT2D eigenvalue weighted by Gasteiger charge is -2.32. The number of hydrogen-bond donors (Lipinski definition) is 0. The van der Waals surface area contributed by atoms with Gasteiger partial charge in [0, 0.05) is 27.3 Å². The van der Waals surface area contributed by atoms with E-state index in [-0.39, 0.29) is 0 Å². The van der Waals surface area contributed by atoms with Crippen LogP contribution < -0.4 is 0 Å². The summed E-state index contributed by atoms with van der Waals surface area (Å²) in [5.41, 5.74) is 10.1. The van der Waals surface area contributed by atoms with Gasteiger partial charge >= 0.3 is 0 Å². The van der Waals surface area contributed by atoms with Crippen molar-refractivity contribution >= 4 is 22.6 Å². The van der Waals surface area contributed by atoms with Crippen molar-refractivity contribution in [2.75, 3.05) is 0 Å². The molecule has 8 aromatic rings. The summed E-state index contributed by atoms with van der Waals surface area (Å²) in [7, 11) is 0. The molecule has 0 N–H and O–H groups in total. The van der Waals surface area contributed by atoms with Crippen molar-refractivity contribution in [3.63, 3.8) is 0 Å². The molecule has 2 aromatic heterocycles. The van der Waals surface area contributed by atoms with Gasteiger partial charge in [-0.3, -0.25) is 0 Å². The Morgan fingerprint density at radius 1 is 0.417 bits per heavy atom. The Bertz CT molecular complexity index is 2450. The van der Waals surface area contributed by atoms with Crippen LogP contribution in [0, 0.1) is 0 Å². The van der Waals surface area contributed by atoms with Crippen molar-refractivity contribution in [2.24, 2.45) is 0 Å². The summed E-state index contributed by atoms with van der Waals surface area (Å²) in [5.74, 6) is 1.26. The Balaban J connectivity index is 1.48. The molecule has 0 aliphatic heterocycles. The number of aromatic nitrogens is 4. The van der Waals surface area contributed by atoms with Crippen molar-refractivity contribution < 1.29 is 0 Å². The van der Waals surface area contributed by atoms with Crippen LogP contribution in [-0.4, -0.2) is 19.9 Å². The lowest BCUT2D eigenvalue weighted by Crippen LogP contribution is -2.31. The van der Waals surface area contributed by atoms with Gasteiger partial charge in [0.1, 0.15) is 33.7 Å². The van der Waals surface area contributed by atoms with Crippen LogP contribution in [-0.2, 0) is 5.41 Å². The molecule has 6 aromatic carbocycles. The van der Waals surface area contributed by atoms with Gasteiger partial charge in [-0.2, -0.15) is 0 Å². The molecule has 1 unspecified atom stereocenters. The van der Waals surface area contributed by atoms with Gasteiger partial charge in [0.05, 0.1) is 0 Å². The SMILES string of the molecule is Clc1cccc2c1-c1ccccc1C2(c1ccccc1)c1nc(-c2ccccc2)c2nc(-c3ccccc3)nc(-c3ccccc3)c2n1. The van der Waals surface area contributed by atoms with Crippen molar-refractivity contribution in [3.05, 3.63) is 191 Å². The highest BCUT2D eigenvalue weighted by Crippen LogP contribution is 2.57. The van der Waals surface area contributed by atoms with Crippen LogP contribution in [0.5, 0.6) is 0 Å². The van der Waals surface area contributed by atoms with Crippen LogP contribution >= 0.6 is 11.6 Å². The molecule has 5 heteroatoms. The van der Waals surface area contributed by atoms with Gasteiger partial charge in [-0.1, -0.05) is 169 Å². The fraction of sp³-hybridized carbons (Fsp3) is 0.0233. The fourth-order valence-corrected chi connectivity index (χ4v) is 7.42. The van der Waals surface area contributed by atoms with Gasteiger partial charge in [0.2, 0.25) is 0 Å². The summed E-state index contributed by atoms with van der Waals surface area (Å²) in [5, 5.41) is 0.697. The standard InChI is InChI=1S/C43H27ClN4/c44-35-27-15-26-34-36(35)32-24-13-14-25-33(32)43(34,31-22-11-4-12-23-31)42-47-38(29-18-7-2-8-19-29)39-40(48-42)37(28-16-5-1-6-17-28)45-41(46-39)30-20-9-3-10-21-30/h1-27H. The number of rotatable bonds is 5. The van der Waals surface area contributed by atoms with E-state index in [2.05, 4.69) is 78.9 Å². The normalized spacial score (nSPS) is 14.9. The number of halogens is 1. The van der Waals surface area contributed by atoms with Gasteiger partial charge < -0.3 is 0 Å². The number of benzene rings is 6. The van der Waals surface area contributed by atoms with Gasteiger partial charge in [0.25, 0.3) is 0 Å². The predicted octanol–water partition coefficient (Wildman–Crippen LogP) is 10.4. The summed E-state index contributed by atoms with van der Waals surface area (Å²) in [4.78, 5) is 21.5. The summed E-state index contributed by atoms with van der Waals surface area (Å²) in [6, 6.07) is 55.7. The van der Waals surface area contributed by atoms with E-state index < -0.39 is 5.41 Å². The molecule has 1 aliphatic rings. The zero-order chi connectivity index (χ0) is 32.1. The molecule has 2 heterocycles. The molecule has 0 spiro atoms. The molecule has 0 saturated heterocycles. The molecule has 4 nitrogen and oxygen atoms in total. The van der Waals surface area contributed by atoms with Gasteiger partial charge in [-0.05, 0) is 28.3 Å². The van der Waals surface area contributed by atoms with Crippen LogP contribution in [0.1, 0.15) is 22.5 Å². The zero-order valence-electron chi connectivity index (χ0n) is 25.8. The third-order valence-corrected chi connectivity index (χ3v) is 9.55. The highest BCUT2D eigenvalue weighted by Gasteiger charge is 2.49. The van der Waals surface area contributed by atoms with Crippen LogP contribution in [0.15, 0.2) is 164 Å². The molecule has 0 saturated carbocycles. The van der Waals surface area contributed by atoms with E-state index >= 15 is 0 Å². The molecule has 9 rings (SSSR count). The first kappa shape index (κ1) is 28.3. The van der Waals surface area contributed by atoms with E-state index in [9.17, 15) is 0 Å². The molecule has 1 atom stereocenters. The Hall–Kier alpha value is -5.97. The lowest BCUT2D eigenvalue weighted by atomic mass is 9.71. The topological polar surface area (TPSA) is 51.6 Å². The second-order valence-electron chi connectivity index (χ2n) is 11.9. The number of nitrogens with zero attached hydrogens (tertiary/aromatic N) is 4. The number of hydrogen-bond acceptors (Lipinski definition) is 4. The third-order valence-electron chi connectivity index (χ3n) is 9.23. The molecule has 0 radical (unpaired) electrons. The Morgan fingerprint density at radius 3 is 1.60 bits per heavy atom. The van der Waals surface area contributed by atoms with Crippen molar-refractivity contribution in [1.29, 1.82) is 0 Å². The second-order valence-corrected chi connectivity index (χ2v) is 12.3. The van der Waals surface area contributed by atoms with Crippen LogP contribution in [0.25, 0.3) is 56.1 Å². The van der Waals surface area contributed by atoms with Gasteiger partial charge in [-0.25, -0.2) is 19.9 Å². The summed E-state index contributed by atoms with van der Waals surface area (Å²) >= 11 is 7.04. The maximum Gasteiger partial charge on any atom is 0.160 e. The largest absolute Gasteiger partial charge is 0.229 e. The fourth-order valence-electron chi connectivity index (χ4n) is 7.15. The number of fused-ring (bicyclic) bond motifs is 4. The Morgan fingerprint density at radius 2 is 0.938 bits per heavy atom. The highest BCUT2D eigenvalue weighted by molar-refractivity contribution is 6.34. The smallest absolute Gasteiger partial charge is 0.160 e. The molecule has 226 valence electrons. The Labute approximate surface area is 283 Å². The van der Waals surface area contributed by atoms with E-state index in [0.29, 0.717) is 27.7 Å². The van der Waals surface area contributed by atoms with E-state index in [0.717, 1.165) is 55.9 Å². The Kier molecular flexibility index (Phi) is 6.70. The first-order valence-corrected chi connectivity index (χ1v) is 16.3. The van der Waals surface area contributed by atoms with Gasteiger partial charge in [0.15, 0.2) is 5.82 Å². The molecule has 0 amide bonds. The molecule has 0 bridgehead atoms. The van der Waals surface area contributed by atoms with Crippen LogP contribution in [0.4, 0.5) is 0 Å². The molecular formula is C43H27ClN4. The minimum absolute atomic E-state index is 0.622. The lowest BCUT2D eigenvalue weighted by molar-refractivity contribution is 0.703. The van der Waals surface area contributed by atoms with Crippen molar-refractivity contribution in [1.82, 2.24) is 19.9 Å². The second kappa shape index (κ2) is 11.4. The summed E-state index contributed by atoms with van der Waals surface area (Å²) in [6.07, 6.45) is 0. The highest BCUT2D eigenvalue weighted by atomic mass is 35.5. The minimum atomic E-state index is -0.859. The summed E-state index contributed by atoms with van der Waals surface area (Å²) < 4.78 is 0. The van der Waals surface area contributed by atoms with Crippen LogP contribution in [0.3, 0.4) is 0 Å². The maximum atomic E-state index is 7.04. The monoisotopic (exact) mass is 634 g/mol. The zero-order valence-corrected chi connectivity index (χ0v) is 26.5. The van der Waals surface area contributed by atoms with Crippen molar-refractivity contribution in [3.8, 4) is 45.0 Å². The molecule has 48 heavy (non-hydrogen) atoms. The molecule has 0 fully saturated rings. The van der Waals surface area contributed by atoms with E-state index in [1.807, 2.05) is 84.9 Å². The quantitative estimate of drug-likeness (QED) is 0.189.